The Bertz CT molecular complexity index is 706. The van der Waals surface area contributed by atoms with E-state index in [1.165, 1.54) is 18.5 Å². The van der Waals surface area contributed by atoms with Gasteiger partial charge in [0.05, 0.1) is 18.0 Å². The molecule has 0 unspecified atom stereocenters. The number of rotatable bonds is 3. The van der Waals surface area contributed by atoms with Crippen molar-refractivity contribution in [3.05, 3.63) is 29.8 Å². The van der Waals surface area contributed by atoms with Gasteiger partial charge in [0.15, 0.2) is 5.82 Å². The summed E-state index contributed by atoms with van der Waals surface area (Å²) in [5, 5.41) is 0. The maximum absolute atomic E-state index is 13.7. The summed E-state index contributed by atoms with van der Waals surface area (Å²) in [5.41, 5.74) is 0.178. The van der Waals surface area contributed by atoms with Gasteiger partial charge < -0.3 is 4.90 Å². The smallest absolute Gasteiger partial charge is 0.256 e. The van der Waals surface area contributed by atoms with Crippen LogP contribution in [0.25, 0.3) is 0 Å². The number of nitrogens with one attached hydrogen (secondary N) is 1. The van der Waals surface area contributed by atoms with Crippen LogP contribution in [-0.4, -0.2) is 49.6 Å². The number of halogens is 1. The maximum Gasteiger partial charge on any atom is 0.256 e. The molecular weight excluding hydrogens is 321 g/mol. The minimum absolute atomic E-state index is 0.00453. The molecule has 0 atom stereocenters. The van der Waals surface area contributed by atoms with Crippen LogP contribution in [0, 0.1) is 11.2 Å². The topological polar surface area (TPSA) is 79.4 Å². The minimum Gasteiger partial charge on any atom is -0.339 e. The van der Waals surface area contributed by atoms with E-state index >= 15 is 0 Å². The van der Waals surface area contributed by atoms with Crippen LogP contribution >= 0.6 is 0 Å². The first kappa shape index (κ1) is 16.3. The molecule has 1 amide bonds. The molecule has 2 fully saturated rings. The Hall–Kier alpha value is -1.54. The normalized spacial score (nSPS) is 21.2. The number of carbonyl (C=O) groups excluding carboxylic acids is 1. The van der Waals surface area contributed by atoms with Crippen molar-refractivity contribution in [2.45, 2.75) is 31.7 Å². The SMILES string of the molecule is CS(=O)(=O)NC1CC2(CCN(C(=O)c3ccncc3F)CC2)C1. The van der Waals surface area contributed by atoms with Crippen LogP contribution in [0.4, 0.5) is 4.39 Å². The van der Waals surface area contributed by atoms with Crippen molar-refractivity contribution >= 4 is 15.9 Å². The highest BCUT2D eigenvalue weighted by Crippen LogP contribution is 2.49. The molecule has 6 nitrogen and oxygen atoms in total. The van der Waals surface area contributed by atoms with Crippen molar-refractivity contribution in [3.63, 3.8) is 0 Å². The van der Waals surface area contributed by atoms with Gasteiger partial charge in [-0.05, 0) is 37.2 Å². The molecule has 2 heterocycles. The molecule has 1 aliphatic heterocycles. The summed E-state index contributed by atoms with van der Waals surface area (Å²) in [6.07, 6.45) is 6.90. The van der Waals surface area contributed by atoms with Crippen LogP contribution in [0.5, 0.6) is 0 Å². The van der Waals surface area contributed by atoms with Gasteiger partial charge in [-0.25, -0.2) is 17.5 Å². The lowest BCUT2D eigenvalue weighted by Gasteiger charge is -2.52. The number of likely N-dealkylation sites (tertiary alicyclic amines) is 1. The highest BCUT2D eigenvalue weighted by Gasteiger charge is 2.47. The Balaban J connectivity index is 1.56. The van der Waals surface area contributed by atoms with E-state index < -0.39 is 15.8 Å². The van der Waals surface area contributed by atoms with Gasteiger partial charge in [-0.2, -0.15) is 0 Å². The van der Waals surface area contributed by atoms with E-state index in [4.69, 9.17) is 0 Å². The zero-order valence-corrected chi connectivity index (χ0v) is 13.8. The second-order valence-electron chi connectivity index (χ2n) is 6.64. The fraction of sp³-hybridized carbons (Fsp3) is 0.600. The first-order chi connectivity index (χ1) is 10.8. The van der Waals surface area contributed by atoms with Gasteiger partial charge in [-0.1, -0.05) is 0 Å². The predicted octanol–water partition coefficient (Wildman–Crippen LogP) is 1.15. The Labute approximate surface area is 135 Å². The lowest BCUT2D eigenvalue weighted by molar-refractivity contribution is 0.0136. The minimum atomic E-state index is -3.17. The van der Waals surface area contributed by atoms with Gasteiger partial charge in [0.25, 0.3) is 5.91 Å². The molecular formula is C15H20FN3O3S. The Kier molecular flexibility index (Phi) is 4.14. The van der Waals surface area contributed by atoms with Crippen LogP contribution in [0.2, 0.25) is 0 Å². The fourth-order valence-electron chi connectivity index (χ4n) is 3.68. The third kappa shape index (κ3) is 3.53. The number of hydrogen-bond acceptors (Lipinski definition) is 4. The fourth-order valence-corrected chi connectivity index (χ4v) is 4.46. The molecule has 0 radical (unpaired) electrons. The van der Waals surface area contributed by atoms with Crippen molar-refractivity contribution in [2.75, 3.05) is 19.3 Å². The van der Waals surface area contributed by atoms with Crippen LogP contribution in [0.3, 0.4) is 0 Å². The molecule has 1 saturated carbocycles. The molecule has 1 aromatic heterocycles. The van der Waals surface area contributed by atoms with Crippen LogP contribution in [0.15, 0.2) is 18.5 Å². The number of nitrogens with zero attached hydrogens (tertiary/aromatic N) is 2. The quantitative estimate of drug-likeness (QED) is 0.895. The zero-order valence-electron chi connectivity index (χ0n) is 13.0. The summed E-state index contributed by atoms with van der Waals surface area (Å²) >= 11 is 0. The number of carbonyl (C=O) groups is 1. The van der Waals surface area contributed by atoms with Gasteiger partial charge in [0.1, 0.15) is 0 Å². The predicted molar refractivity (Wildman–Crippen MR) is 82.8 cm³/mol. The molecule has 1 spiro atoms. The van der Waals surface area contributed by atoms with E-state index in [2.05, 4.69) is 9.71 Å². The van der Waals surface area contributed by atoms with Crippen molar-refractivity contribution in [1.82, 2.24) is 14.6 Å². The van der Waals surface area contributed by atoms with Crippen molar-refractivity contribution in [3.8, 4) is 0 Å². The molecule has 0 aromatic carbocycles. The van der Waals surface area contributed by atoms with E-state index in [9.17, 15) is 17.6 Å². The van der Waals surface area contributed by atoms with Gasteiger partial charge in [-0.15, -0.1) is 0 Å². The highest BCUT2D eigenvalue weighted by atomic mass is 32.2. The zero-order chi connectivity index (χ0) is 16.7. The molecule has 1 aromatic rings. The molecule has 1 saturated heterocycles. The lowest BCUT2D eigenvalue weighted by atomic mass is 9.60. The lowest BCUT2D eigenvalue weighted by Crippen LogP contribution is -2.55. The average molecular weight is 341 g/mol. The highest BCUT2D eigenvalue weighted by molar-refractivity contribution is 7.88. The van der Waals surface area contributed by atoms with Gasteiger partial charge in [-0.3, -0.25) is 9.78 Å². The molecule has 126 valence electrons. The third-order valence-electron chi connectivity index (χ3n) is 4.85. The third-order valence-corrected chi connectivity index (χ3v) is 5.62. The summed E-state index contributed by atoms with van der Waals surface area (Å²) in [7, 11) is -3.17. The summed E-state index contributed by atoms with van der Waals surface area (Å²) in [4.78, 5) is 17.7. The van der Waals surface area contributed by atoms with Crippen molar-refractivity contribution < 1.29 is 17.6 Å². The number of amides is 1. The number of sulfonamides is 1. The molecule has 1 aliphatic carbocycles. The summed E-state index contributed by atoms with van der Waals surface area (Å²) in [5.74, 6) is -0.899. The van der Waals surface area contributed by atoms with E-state index in [1.54, 1.807) is 4.90 Å². The largest absolute Gasteiger partial charge is 0.339 e. The van der Waals surface area contributed by atoms with E-state index in [-0.39, 0.29) is 22.9 Å². The van der Waals surface area contributed by atoms with E-state index in [0.717, 1.165) is 31.9 Å². The first-order valence-corrected chi connectivity index (χ1v) is 9.53. The maximum atomic E-state index is 13.7. The van der Waals surface area contributed by atoms with Crippen LogP contribution in [0.1, 0.15) is 36.0 Å². The average Bonchev–Trinajstić information content (AvgIpc) is 2.45. The second-order valence-corrected chi connectivity index (χ2v) is 8.42. The molecule has 1 N–H and O–H groups in total. The van der Waals surface area contributed by atoms with Crippen LogP contribution < -0.4 is 4.72 Å². The van der Waals surface area contributed by atoms with E-state index in [1.807, 2.05) is 0 Å². The van der Waals surface area contributed by atoms with Gasteiger partial charge in [0, 0.05) is 25.3 Å². The molecule has 23 heavy (non-hydrogen) atoms. The number of piperidine rings is 1. The molecule has 0 bridgehead atoms. The standard InChI is InChI=1S/C15H20FN3O3S/c1-23(21,22)18-11-8-15(9-11)3-6-19(7-4-15)14(20)12-2-5-17-10-13(12)16/h2,5,10-11,18H,3-4,6-9H2,1H3. The summed E-state index contributed by atoms with van der Waals surface area (Å²) < 4.78 is 38.8. The molecule has 2 aliphatic rings. The first-order valence-electron chi connectivity index (χ1n) is 7.64. The summed E-state index contributed by atoms with van der Waals surface area (Å²) in [6, 6.07) is 1.40. The number of hydrogen-bond donors (Lipinski definition) is 1. The van der Waals surface area contributed by atoms with Crippen molar-refractivity contribution in [1.29, 1.82) is 0 Å². The Morgan fingerprint density at radius 2 is 2.04 bits per heavy atom. The van der Waals surface area contributed by atoms with Gasteiger partial charge >= 0.3 is 0 Å². The second kappa shape index (κ2) is 5.83. The van der Waals surface area contributed by atoms with Crippen LogP contribution in [-0.2, 0) is 10.0 Å². The summed E-state index contributed by atoms with van der Waals surface area (Å²) in [6.45, 7) is 1.15. The Morgan fingerprint density at radius 3 is 2.61 bits per heavy atom. The van der Waals surface area contributed by atoms with Crippen molar-refractivity contribution in [2.24, 2.45) is 5.41 Å². The molecule has 8 heteroatoms. The van der Waals surface area contributed by atoms with E-state index in [0.29, 0.717) is 13.1 Å². The van der Waals surface area contributed by atoms with Gasteiger partial charge in [0.2, 0.25) is 10.0 Å². The molecule has 3 rings (SSSR count). The Morgan fingerprint density at radius 1 is 1.39 bits per heavy atom. The number of pyridine rings is 1. The number of aromatic nitrogens is 1. The monoisotopic (exact) mass is 341 g/mol.